The molecule has 0 radical (unpaired) electrons. The van der Waals surface area contributed by atoms with Gasteiger partial charge in [-0.1, -0.05) is 78.4 Å². The van der Waals surface area contributed by atoms with Crippen molar-refractivity contribution in [1.82, 2.24) is 9.21 Å². The molecule has 6 heteroatoms. The molecular formula is C32H37N3O2S. The van der Waals surface area contributed by atoms with Crippen molar-refractivity contribution in [2.45, 2.75) is 61.4 Å². The van der Waals surface area contributed by atoms with Crippen LogP contribution in [0, 0.1) is 24.2 Å². The summed E-state index contributed by atoms with van der Waals surface area (Å²) in [6.45, 7) is 3.25. The van der Waals surface area contributed by atoms with Crippen LogP contribution in [-0.2, 0) is 15.4 Å². The SMILES string of the molecule is Cc1ccc(S(=O)(=O)N2CCC[C@H]2CN(C)C2CCC(C(C#N)(c3ccccc3)c3ccccc3)C2)cc1. The minimum Gasteiger partial charge on any atom is -0.302 e. The van der Waals surface area contributed by atoms with Gasteiger partial charge in [-0.15, -0.1) is 0 Å². The van der Waals surface area contributed by atoms with Gasteiger partial charge in [-0.3, -0.25) is 0 Å². The van der Waals surface area contributed by atoms with E-state index in [0.29, 0.717) is 24.0 Å². The van der Waals surface area contributed by atoms with E-state index in [0.717, 1.165) is 48.8 Å². The zero-order chi connectivity index (χ0) is 26.8. The average Bonchev–Trinajstić information content (AvgIpc) is 3.62. The van der Waals surface area contributed by atoms with Crippen LogP contribution in [0.15, 0.2) is 89.8 Å². The van der Waals surface area contributed by atoms with Crippen LogP contribution < -0.4 is 0 Å². The Morgan fingerprint density at radius 3 is 2.11 bits per heavy atom. The summed E-state index contributed by atoms with van der Waals surface area (Å²) in [5.74, 6) is 0.181. The summed E-state index contributed by atoms with van der Waals surface area (Å²) in [6, 6.07) is 30.6. The van der Waals surface area contributed by atoms with Gasteiger partial charge in [-0.25, -0.2) is 8.42 Å². The van der Waals surface area contributed by atoms with Crippen LogP contribution in [-0.4, -0.2) is 49.8 Å². The standard InChI is InChI=1S/C32H37N3O2S/c1-25-15-19-31(20-16-25)38(36,37)35-21-9-14-30(35)23-34(2)29-18-17-28(22-29)32(24-33,26-10-5-3-6-11-26)27-12-7-4-8-13-27/h3-8,10-13,15-16,19-20,28-30H,9,14,17-18,21-23H2,1-2H3/t28?,29?,30-/m0/s1. The summed E-state index contributed by atoms with van der Waals surface area (Å²) in [6.07, 6.45) is 4.63. The second kappa shape index (κ2) is 11.0. The van der Waals surface area contributed by atoms with E-state index >= 15 is 0 Å². The van der Waals surface area contributed by atoms with Gasteiger partial charge in [0.05, 0.1) is 11.0 Å². The first-order valence-corrected chi connectivity index (χ1v) is 15.1. The van der Waals surface area contributed by atoms with Crippen molar-refractivity contribution in [3.63, 3.8) is 0 Å². The Kier molecular flexibility index (Phi) is 7.72. The molecule has 2 aliphatic rings. The third kappa shape index (κ3) is 4.91. The lowest BCUT2D eigenvalue weighted by Crippen LogP contribution is -2.45. The fraction of sp³-hybridized carbons (Fsp3) is 0.406. The number of nitriles is 1. The lowest BCUT2D eigenvalue weighted by molar-refractivity contribution is 0.193. The van der Waals surface area contributed by atoms with Crippen LogP contribution >= 0.6 is 0 Å². The van der Waals surface area contributed by atoms with E-state index in [1.165, 1.54) is 0 Å². The molecule has 1 heterocycles. The van der Waals surface area contributed by atoms with Crippen molar-refractivity contribution in [3.05, 3.63) is 102 Å². The molecule has 0 spiro atoms. The maximum atomic E-state index is 13.5. The molecule has 0 amide bonds. The number of hydrogen-bond donors (Lipinski definition) is 0. The summed E-state index contributed by atoms with van der Waals surface area (Å²) < 4.78 is 28.6. The zero-order valence-corrected chi connectivity index (χ0v) is 23.1. The van der Waals surface area contributed by atoms with E-state index < -0.39 is 15.4 Å². The Morgan fingerprint density at radius 1 is 0.921 bits per heavy atom. The highest BCUT2D eigenvalue weighted by Crippen LogP contribution is 2.47. The molecule has 198 valence electrons. The van der Waals surface area contributed by atoms with Gasteiger partial charge in [0.15, 0.2) is 0 Å². The van der Waals surface area contributed by atoms with Crippen LogP contribution in [0.4, 0.5) is 0 Å². The number of nitrogens with zero attached hydrogens (tertiary/aromatic N) is 3. The molecule has 2 unspecified atom stereocenters. The summed E-state index contributed by atoms with van der Waals surface area (Å²) in [4.78, 5) is 2.73. The largest absolute Gasteiger partial charge is 0.302 e. The summed E-state index contributed by atoms with van der Waals surface area (Å²) in [5, 5.41) is 10.7. The summed E-state index contributed by atoms with van der Waals surface area (Å²) >= 11 is 0. The molecular weight excluding hydrogens is 490 g/mol. The first kappa shape index (κ1) is 26.6. The molecule has 38 heavy (non-hydrogen) atoms. The molecule has 0 N–H and O–H groups in total. The van der Waals surface area contributed by atoms with Crippen LogP contribution in [0.2, 0.25) is 0 Å². The van der Waals surface area contributed by atoms with Crippen molar-refractivity contribution < 1.29 is 8.42 Å². The Morgan fingerprint density at radius 2 is 1.53 bits per heavy atom. The van der Waals surface area contributed by atoms with E-state index in [1.54, 1.807) is 16.4 Å². The minimum atomic E-state index is -3.52. The predicted molar refractivity (Wildman–Crippen MR) is 151 cm³/mol. The molecule has 3 aromatic rings. The van der Waals surface area contributed by atoms with Gasteiger partial charge >= 0.3 is 0 Å². The van der Waals surface area contributed by atoms with Gasteiger partial charge < -0.3 is 4.90 Å². The molecule has 0 bridgehead atoms. The van der Waals surface area contributed by atoms with Crippen LogP contribution in [0.1, 0.15) is 48.8 Å². The fourth-order valence-electron chi connectivity index (χ4n) is 6.65. The smallest absolute Gasteiger partial charge is 0.243 e. The van der Waals surface area contributed by atoms with Gasteiger partial charge in [0.2, 0.25) is 10.0 Å². The van der Waals surface area contributed by atoms with Gasteiger partial charge in [0.25, 0.3) is 0 Å². The van der Waals surface area contributed by atoms with Crippen LogP contribution in [0.3, 0.4) is 0 Å². The topological polar surface area (TPSA) is 64.4 Å². The molecule has 1 aliphatic heterocycles. The van der Waals surface area contributed by atoms with E-state index in [4.69, 9.17) is 0 Å². The number of sulfonamides is 1. The molecule has 0 aromatic heterocycles. The molecule has 3 aromatic carbocycles. The fourth-order valence-corrected chi connectivity index (χ4v) is 8.33. The van der Waals surface area contributed by atoms with Crippen LogP contribution in [0.5, 0.6) is 0 Å². The summed E-state index contributed by atoms with van der Waals surface area (Å²) in [7, 11) is -1.39. The predicted octanol–water partition coefficient (Wildman–Crippen LogP) is 5.76. The first-order valence-electron chi connectivity index (χ1n) is 13.7. The summed E-state index contributed by atoms with van der Waals surface area (Å²) in [5.41, 5.74) is 2.45. The van der Waals surface area contributed by atoms with Crippen molar-refractivity contribution in [2.24, 2.45) is 5.92 Å². The third-order valence-electron chi connectivity index (χ3n) is 8.72. The average molecular weight is 528 g/mol. The van der Waals surface area contributed by atoms with Crippen molar-refractivity contribution in [3.8, 4) is 6.07 Å². The van der Waals surface area contributed by atoms with Gasteiger partial charge in [0.1, 0.15) is 5.41 Å². The quantitative estimate of drug-likeness (QED) is 0.374. The number of hydrogen-bond acceptors (Lipinski definition) is 4. The highest BCUT2D eigenvalue weighted by Gasteiger charge is 2.47. The number of likely N-dealkylation sites (N-methyl/N-ethyl adjacent to an activating group) is 1. The van der Waals surface area contributed by atoms with E-state index in [-0.39, 0.29) is 12.0 Å². The number of benzene rings is 3. The van der Waals surface area contributed by atoms with E-state index in [2.05, 4.69) is 42.3 Å². The normalized spacial score (nSPS) is 22.5. The second-order valence-corrected chi connectivity index (χ2v) is 12.9. The highest BCUT2D eigenvalue weighted by molar-refractivity contribution is 7.89. The highest BCUT2D eigenvalue weighted by atomic mass is 32.2. The van der Waals surface area contributed by atoms with Crippen molar-refractivity contribution in [2.75, 3.05) is 20.1 Å². The maximum Gasteiger partial charge on any atom is 0.243 e. The monoisotopic (exact) mass is 527 g/mol. The molecule has 1 aliphatic carbocycles. The molecule has 1 saturated heterocycles. The maximum absolute atomic E-state index is 13.5. The van der Waals surface area contributed by atoms with Crippen molar-refractivity contribution >= 4 is 10.0 Å². The molecule has 1 saturated carbocycles. The minimum absolute atomic E-state index is 0.0330. The number of aryl methyl sites for hydroxylation is 1. The Bertz CT molecular complexity index is 1330. The third-order valence-corrected chi connectivity index (χ3v) is 10.7. The van der Waals surface area contributed by atoms with E-state index in [1.807, 2.05) is 55.5 Å². The first-order chi connectivity index (χ1) is 18.4. The molecule has 3 atom stereocenters. The Labute approximate surface area is 227 Å². The van der Waals surface area contributed by atoms with Gasteiger partial charge in [-0.05, 0) is 75.3 Å². The van der Waals surface area contributed by atoms with Gasteiger partial charge in [-0.2, -0.15) is 9.57 Å². The molecule has 5 rings (SSSR count). The van der Waals surface area contributed by atoms with Crippen LogP contribution in [0.25, 0.3) is 0 Å². The zero-order valence-electron chi connectivity index (χ0n) is 22.3. The molecule has 5 nitrogen and oxygen atoms in total. The van der Waals surface area contributed by atoms with Gasteiger partial charge in [0, 0.05) is 25.2 Å². The molecule has 2 fully saturated rings. The van der Waals surface area contributed by atoms with Crippen molar-refractivity contribution in [1.29, 1.82) is 5.26 Å². The lowest BCUT2D eigenvalue weighted by atomic mass is 9.66. The van der Waals surface area contributed by atoms with E-state index in [9.17, 15) is 13.7 Å². The second-order valence-electron chi connectivity index (χ2n) is 11.0. The number of rotatable bonds is 8. The Balaban J connectivity index is 1.34. The Hall–Kier alpha value is -2.98. The lowest BCUT2D eigenvalue weighted by Gasteiger charge is -2.35.